The van der Waals surface area contributed by atoms with E-state index in [1.807, 2.05) is 47.8 Å². The highest BCUT2D eigenvalue weighted by molar-refractivity contribution is 7.13. The third-order valence-corrected chi connectivity index (χ3v) is 6.28. The molecule has 1 aromatic heterocycles. The van der Waals surface area contributed by atoms with Crippen molar-refractivity contribution < 1.29 is 14.3 Å². The number of thiazole rings is 1. The summed E-state index contributed by atoms with van der Waals surface area (Å²) in [4.78, 5) is 20.3. The number of aromatic nitrogens is 1. The van der Waals surface area contributed by atoms with Gasteiger partial charge in [-0.05, 0) is 35.7 Å². The molecule has 1 amide bonds. The van der Waals surface area contributed by atoms with Crippen LogP contribution in [0.5, 0.6) is 11.5 Å². The summed E-state index contributed by atoms with van der Waals surface area (Å²) in [5, 5.41) is 0. The standard InChI is InChI=1S/C23H24N2O3S/c1-15-10-18(22-19(27-2)8-5-9-20(22)28-3)25(23(15)26)13-16-6-4-7-17(11-16)21-12-24-14-29-21/h4-9,11-12,14-15,18H,10,13H2,1-3H3. The molecule has 6 heteroatoms. The quantitative estimate of drug-likeness (QED) is 0.580. The van der Waals surface area contributed by atoms with Crippen LogP contribution in [0, 0.1) is 5.92 Å². The van der Waals surface area contributed by atoms with Gasteiger partial charge in [-0.25, -0.2) is 0 Å². The number of methoxy groups -OCH3 is 2. The van der Waals surface area contributed by atoms with E-state index in [9.17, 15) is 4.79 Å². The van der Waals surface area contributed by atoms with Gasteiger partial charge < -0.3 is 14.4 Å². The molecule has 3 aromatic rings. The van der Waals surface area contributed by atoms with Gasteiger partial charge in [0.05, 0.1) is 36.2 Å². The van der Waals surface area contributed by atoms with Crippen molar-refractivity contribution in [1.82, 2.24) is 9.88 Å². The third kappa shape index (κ3) is 3.72. The van der Waals surface area contributed by atoms with E-state index in [1.165, 1.54) is 0 Å². The van der Waals surface area contributed by atoms with E-state index in [0.717, 1.165) is 39.5 Å². The van der Waals surface area contributed by atoms with Crippen molar-refractivity contribution in [2.24, 2.45) is 5.92 Å². The Labute approximate surface area is 174 Å². The van der Waals surface area contributed by atoms with Crippen LogP contribution in [0.25, 0.3) is 10.4 Å². The molecular formula is C23H24N2O3S. The summed E-state index contributed by atoms with van der Waals surface area (Å²) in [6, 6.07) is 14.0. The average Bonchev–Trinajstić information content (AvgIpc) is 3.38. The van der Waals surface area contributed by atoms with Crippen LogP contribution in [-0.4, -0.2) is 30.0 Å². The van der Waals surface area contributed by atoms with Gasteiger partial charge in [0.15, 0.2) is 0 Å². The lowest BCUT2D eigenvalue weighted by Crippen LogP contribution is -2.29. The molecule has 5 nitrogen and oxygen atoms in total. The minimum atomic E-state index is -0.0874. The molecular weight excluding hydrogens is 384 g/mol. The van der Waals surface area contributed by atoms with Gasteiger partial charge in [0, 0.05) is 18.7 Å². The van der Waals surface area contributed by atoms with Crippen molar-refractivity contribution in [2.45, 2.75) is 25.9 Å². The summed E-state index contributed by atoms with van der Waals surface area (Å²) in [7, 11) is 3.31. The number of hydrogen-bond donors (Lipinski definition) is 0. The second kappa shape index (κ2) is 8.25. The molecule has 0 aliphatic carbocycles. The number of nitrogens with zero attached hydrogens (tertiary/aromatic N) is 2. The minimum Gasteiger partial charge on any atom is -0.496 e. The summed E-state index contributed by atoms with van der Waals surface area (Å²) < 4.78 is 11.2. The van der Waals surface area contributed by atoms with Gasteiger partial charge in [0.1, 0.15) is 11.5 Å². The van der Waals surface area contributed by atoms with Crippen LogP contribution in [0.3, 0.4) is 0 Å². The first-order valence-electron chi connectivity index (χ1n) is 9.61. The van der Waals surface area contributed by atoms with Gasteiger partial charge in [-0.15, -0.1) is 11.3 Å². The van der Waals surface area contributed by atoms with Crippen molar-refractivity contribution in [1.29, 1.82) is 0 Å². The molecule has 0 spiro atoms. The van der Waals surface area contributed by atoms with Crippen LogP contribution in [0.1, 0.15) is 30.5 Å². The maximum Gasteiger partial charge on any atom is 0.226 e. The second-order valence-corrected chi connectivity index (χ2v) is 8.15. The van der Waals surface area contributed by atoms with Crippen molar-refractivity contribution in [3.63, 3.8) is 0 Å². The first kappa shape index (κ1) is 19.5. The highest BCUT2D eigenvalue weighted by atomic mass is 32.1. The van der Waals surface area contributed by atoms with E-state index in [0.29, 0.717) is 6.54 Å². The molecule has 150 valence electrons. The Morgan fingerprint density at radius 2 is 1.86 bits per heavy atom. The maximum absolute atomic E-state index is 13.0. The molecule has 2 atom stereocenters. The zero-order chi connectivity index (χ0) is 20.4. The molecule has 0 N–H and O–H groups in total. The van der Waals surface area contributed by atoms with Gasteiger partial charge in [-0.1, -0.05) is 31.2 Å². The van der Waals surface area contributed by atoms with Crippen molar-refractivity contribution >= 4 is 17.2 Å². The first-order chi connectivity index (χ1) is 14.1. The number of carbonyl (C=O) groups is 1. The smallest absolute Gasteiger partial charge is 0.226 e. The summed E-state index contributed by atoms with van der Waals surface area (Å²) in [5.41, 5.74) is 4.99. The number of hydrogen-bond acceptors (Lipinski definition) is 5. The summed E-state index contributed by atoms with van der Waals surface area (Å²) in [6.07, 6.45) is 2.61. The highest BCUT2D eigenvalue weighted by Crippen LogP contribution is 2.45. The Hall–Kier alpha value is -2.86. The van der Waals surface area contributed by atoms with Gasteiger partial charge in [0.25, 0.3) is 0 Å². The van der Waals surface area contributed by atoms with E-state index in [4.69, 9.17) is 9.47 Å². The molecule has 29 heavy (non-hydrogen) atoms. The number of ether oxygens (including phenoxy) is 2. The number of amides is 1. The molecule has 1 aliphatic rings. The average molecular weight is 409 g/mol. The molecule has 0 saturated carbocycles. The Morgan fingerprint density at radius 3 is 2.52 bits per heavy atom. The van der Waals surface area contributed by atoms with E-state index >= 15 is 0 Å². The van der Waals surface area contributed by atoms with Gasteiger partial charge in [0.2, 0.25) is 5.91 Å². The summed E-state index contributed by atoms with van der Waals surface area (Å²) >= 11 is 1.61. The van der Waals surface area contributed by atoms with Crippen LogP contribution in [0.4, 0.5) is 0 Å². The molecule has 1 saturated heterocycles. The highest BCUT2D eigenvalue weighted by Gasteiger charge is 2.40. The molecule has 0 bridgehead atoms. The minimum absolute atomic E-state index is 0.0423. The number of likely N-dealkylation sites (tertiary alicyclic amines) is 1. The molecule has 2 heterocycles. The van der Waals surface area contributed by atoms with Crippen molar-refractivity contribution in [3.05, 3.63) is 65.3 Å². The van der Waals surface area contributed by atoms with Gasteiger partial charge in [-0.3, -0.25) is 9.78 Å². The molecule has 0 radical (unpaired) electrons. The third-order valence-electron chi connectivity index (χ3n) is 5.45. The monoisotopic (exact) mass is 408 g/mol. The van der Waals surface area contributed by atoms with Gasteiger partial charge in [-0.2, -0.15) is 0 Å². The van der Waals surface area contributed by atoms with Crippen molar-refractivity contribution in [2.75, 3.05) is 14.2 Å². The number of rotatable bonds is 6. The normalized spacial score (nSPS) is 18.9. The number of benzene rings is 2. The first-order valence-corrected chi connectivity index (χ1v) is 10.5. The molecule has 2 aromatic carbocycles. The summed E-state index contributed by atoms with van der Waals surface area (Å²) in [5.74, 6) is 1.62. The Bertz CT molecular complexity index is 981. The fourth-order valence-corrected chi connectivity index (χ4v) is 4.67. The fourth-order valence-electron chi connectivity index (χ4n) is 4.05. The molecule has 1 aliphatic heterocycles. The van der Waals surface area contributed by atoms with Crippen molar-refractivity contribution in [3.8, 4) is 21.9 Å². The van der Waals surface area contributed by atoms with E-state index in [2.05, 4.69) is 23.2 Å². The van der Waals surface area contributed by atoms with Gasteiger partial charge >= 0.3 is 0 Å². The van der Waals surface area contributed by atoms with Crippen LogP contribution < -0.4 is 9.47 Å². The topological polar surface area (TPSA) is 51.7 Å². The van der Waals surface area contributed by atoms with E-state index < -0.39 is 0 Å². The molecule has 2 unspecified atom stereocenters. The van der Waals surface area contributed by atoms with Crippen LogP contribution >= 0.6 is 11.3 Å². The zero-order valence-electron chi connectivity index (χ0n) is 16.8. The number of carbonyl (C=O) groups excluding carboxylic acids is 1. The van der Waals surface area contributed by atoms with E-state index in [1.54, 1.807) is 25.6 Å². The van der Waals surface area contributed by atoms with Crippen LogP contribution in [-0.2, 0) is 11.3 Å². The fraction of sp³-hybridized carbons (Fsp3) is 0.304. The summed E-state index contributed by atoms with van der Waals surface area (Å²) in [6.45, 7) is 2.53. The second-order valence-electron chi connectivity index (χ2n) is 7.26. The Balaban J connectivity index is 1.69. The molecule has 1 fully saturated rings. The lowest BCUT2D eigenvalue weighted by Gasteiger charge is -2.28. The zero-order valence-corrected chi connectivity index (χ0v) is 17.6. The predicted octanol–water partition coefficient (Wildman–Crippen LogP) is 4.94. The lowest BCUT2D eigenvalue weighted by molar-refractivity contribution is -0.132. The largest absolute Gasteiger partial charge is 0.496 e. The SMILES string of the molecule is COc1cccc(OC)c1C1CC(C)C(=O)N1Cc1cccc(-c2cncs2)c1. The van der Waals surface area contributed by atoms with Crippen LogP contribution in [0.15, 0.2) is 54.2 Å². The Morgan fingerprint density at radius 1 is 1.14 bits per heavy atom. The predicted molar refractivity (Wildman–Crippen MR) is 114 cm³/mol. The van der Waals surface area contributed by atoms with E-state index in [-0.39, 0.29) is 17.9 Å². The lowest BCUT2D eigenvalue weighted by atomic mass is 9.98. The Kier molecular flexibility index (Phi) is 5.53. The van der Waals surface area contributed by atoms with Crippen LogP contribution in [0.2, 0.25) is 0 Å². The molecule has 4 rings (SSSR count). The maximum atomic E-state index is 13.0.